The van der Waals surface area contributed by atoms with Crippen molar-refractivity contribution in [3.8, 4) is 0 Å². The highest BCUT2D eigenvalue weighted by Gasteiger charge is 2.25. The van der Waals surface area contributed by atoms with Gasteiger partial charge in [-0.1, -0.05) is 56.0 Å². The highest BCUT2D eigenvalue weighted by atomic mass is 16.3. The van der Waals surface area contributed by atoms with E-state index in [-0.39, 0.29) is 18.2 Å². The minimum absolute atomic E-state index is 0.175. The molecule has 3 N–H and O–H groups in total. The molecule has 2 amide bonds. The third-order valence-corrected chi connectivity index (χ3v) is 5.82. The Labute approximate surface area is 208 Å². The van der Waals surface area contributed by atoms with Crippen molar-refractivity contribution in [1.29, 1.82) is 0 Å². The molecule has 0 aliphatic rings. The lowest BCUT2D eigenvalue weighted by atomic mass is 10.0. The average Bonchev–Trinajstić information content (AvgIpc) is 2.86. The Morgan fingerprint density at radius 1 is 1.11 bits per heavy atom. The summed E-state index contributed by atoms with van der Waals surface area (Å²) in [5.41, 5.74) is 7.72. The van der Waals surface area contributed by atoms with E-state index in [1.807, 2.05) is 62.4 Å². The molecule has 7 heteroatoms. The molecule has 0 heterocycles. The van der Waals surface area contributed by atoms with Crippen molar-refractivity contribution in [3.63, 3.8) is 0 Å². The van der Waals surface area contributed by atoms with Crippen LogP contribution in [0.5, 0.6) is 0 Å². The van der Waals surface area contributed by atoms with Crippen LogP contribution < -0.4 is 15.6 Å². The van der Waals surface area contributed by atoms with E-state index in [2.05, 4.69) is 22.4 Å². The number of nitrogens with zero attached hydrogens (tertiary/aromatic N) is 2. The summed E-state index contributed by atoms with van der Waals surface area (Å²) in [7, 11) is 1.73. The van der Waals surface area contributed by atoms with Gasteiger partial charge < -0.3 is 15.3 Å². The van der Waals surface area contributed by atoms with Crippen LogP contribution in [0.1, 0.15) is 49.8 Å². The lowest BCUT2D eigenvalue weighted by molar-refractivity contribution is -0.124. The van der Waals surface area contributed by atoms with E-state index in [4.69, 9.17) is 5.11 Å². The Bertz CT molecular complexity index is 1030. The van der Waals surface area contributed by atoms with E-state index in [0.29, 0.717) is 18.5 Å². The summed E-state index contributed by atoms with van der Waals surface area (Å²) in [5, 5.41) is 16.0. The molecule has 35 heavy (non-hydrogen) atoms. The zero-order valence-corrected chi connectivity index (χ0v) is 21.3. The smallest absolute Gasteiger partial charge is 0.267 e. The maximum Gasteiger partial charge on any atom is 0.267 e. The van der Waals surface area contributed by atoms with Crippen LogP contribution in [-0.4, -0.2) is 42.3 Å². The number of rotatable bonds is 13. The van der Waals surface area contributed by atoms with Gasteiger partial charge >= 0.3 is 0 Å². The molecule has 0 bridgehead atoms. The zero-order chi connectivity index (χ0) is 25.8. The molecule has 0 spiro atoms. The standard InChI is InChI=1S/C28H38N4O3/c1-6-25(28(35)32(5)26-19-24(14-10-11-17-33)16-15-20(26)2)29-27(34)22(4)31-30-21(3)18-23-12-8-7-9-13-23/h7-9,12-13,15-16,19,25,30,33H,3,6,10-11,14,17-18H2,1-2,4-5H3,(H,29,34)/b31-22+/t25-/m0/s1. The lowest BCUT2D eigenvalue weighted by Gasteiger charge is -2.25. The van der Waals surface area contributed by atoms with E-state index in [1.165, 1.54) is 0 Å². The molecule has 2 rings (SSSR count). The van der Waals surface area contributed by atoms with Gasteiger partial charge in [-0.05, 0) is 62.3 Å². The molecule has 0 saturated heterocycles. The van der Waals surface area contributed by atoms with Crippen LogP contribution in [0.4, 0.5) is 5.69 Å². The number of hydrazone groups is 1. The van der Waals surface area contributed by atoms with Gasteiger partial charge in [-0.15, -0.1) is 0 Å². The number of benzene rings is 2. The fourth-order valence-corrected chi connectivity index (χ4v) is 3.66. The number of hydrogen-bond acceptors (Lipinski definition) is 5. The Hall–Kier alpha value is -3.45. The van der Waals surface area contributed by atoms with Crippen LogP contribution in [0.15, 0.2) is 65.9 Å². The Morgan fingerprint density at radius 3 is 2.49 bits per heavy atom. The first-order valence-corrected chi connectivity index (χ1v) is 12.1. The summed E-state index contributed by atoms with van der Waals surface area (Å²) < 4.78 is 0. The summed E-state index contributed by atoms with van der Waals surface area (Å²) in [5.74, 6) is -0.598. The number of hydrogen-bond donors (Lipinski definition) is 3. The third kappa shape index (κ3) is 8.68. The van der Waals surface area contributed by atoms with Crippen LogP contribution in [0.2, 0.25) is 0 Å². The number of unbranched alkanes of at least 4 members (excludes halogenated alkanes) is 1. The average molecular weight is 479 g/mol. The van der Waals surface area contributed by atoms with E-state index >= 15 is 0 Å². The van der Waals surface area contributed by atoms with Gasteiger partial charge in [0, 0.05) is 31.5 Å². The molecule has 7 nitrogen and oxygen atoms in total. The number of anilines is 1. The van der Waals surface area contributed by atoms with Crippen LogP contribution >= 0.6 is 0 Å². The SMILES string of the molecule is C=C(Cc1ccccc1)N/N=C(\C)C(=O)N[C@@H](CC)C(=O)N(C)c1cc(CCCCO)ccc1C. The normalized spacial score (nSPS) is 12.1. The molecule has 0 aliphatic heterocycles. The first-order chi connectivity index (χ1) is 16.8. The Kier molecular flexibility index (Phi) is 11.2. The molecule has 1 atom stereocenters. The third-order valence-electron chi connectivity index (χ3n) is 5.82. The van der Waals surface area contributed by atoms with Crippen LogP contribution in [-0.2, 0) is 22.4 Å². The summed E-state index contributed by atoms with van der Waals surface area (Å²) in [6, 6.07) is 15.2. The number of aryl methyl sites for hydroxylation is 2. The number of nitrogens with one attached hydrogen (secondary N) is 2. The van der Waals surface area contributed by atoms with Gasteiger partial charge in [-0.2, -0.15) is 5.10 Å². The highest BCUT2D eigenvalue weighted by Crippen LogP contribution is 2.23. The minimum atomic E-state index is -0.678. The number of carbonyl (C=O) groups excluding carboxylic acids is 2. The second kappa shape index (κ2) is 14.1. The molecular weight excluding hydrogens is 440 g/mol. The number of aliphatic hydroxyl groups excluding tert-OH is 1. The molecule has 0 fully saturated rings. The quantitative estimate of drug-likeness (QED) is 0.231. The van der Waals surface area contributed by atoms with Crippen LogP contribution in [0, 0.1) is 6.92 Å². The monoisotopic (exact) mass is 478 g/mol. The van der Waals surface area contributed by atoms with Crippen molar-refractivity contribution < 1.29 is 14.7 Å². The fraction of sp³-hybridized carbons (Fsp3) is 0.393. The number of amides is 2. The zero-order valence-electron chi connectivity index (χ0n) is 21.3. The predicted octanol–water partition coefficient (Wildman–Crippen LogP) is 3.89. The highest BCUT2D eigenvalue weighted by molar-refractivity contribution is 6.38. The molecule has 0 aromatic heterocycles. The van der Waals surface area contributed by atoms with E-state index in [9.17, 15) is 9.59 Å². The first kappa shape index (κ1) is 27.8. The van der Waals surface area contributed by atoms with Crippen molar-refractivity contribution in [2.75, 3.05) is 18.6 Å². The predicted molar refractivity (Wildman–Crippen MR) is 142 cm³/mol. The first-order valence-electron chi connectivity index (χ1n) is 12.1. The number of aliphatic hydroxyl groups is 1. The van der Waals surface area contributed by atoms with Crippen molar-refractivity contribution in [3.05, 3.63) is 77.5 Å². The number of carbonyl (C=O) groups is 2. The summed E-state index contributed by atoms with van der Waals surface area (Å²) >= 11 is 0. The van der Waals surface area contributed by atoms with Gasteiger partial charge in [0.15, 0.2) is 0 Å². The van der Waals surface area contributed by atoms with Gasteiger partial charge in [0.2, 0.25) is 5.91 Å². The molecular formula is C28H38N4O3. The molecule has 2 aromatic carbocycles. The van der Waals surface area contributed by atoms with Crippen molar-refractivity contribution in [1.82, 2.24) is 10.7 Å². The number of allylic oxidation sites excluding steroid dienone is 1. The Morgan fingerprint density at radius 2 is 1.83 bits per heavy atom. The summed E-state index contributed by atoms with van der Waals surface area (Å²) in [6.07, 6.45) is 3.51. The second-order valence-corrected chi connectivity index (χ2v) is 8.71. The van der Waals surface area contributed by atoms with Gasteiger partial charge in [-0.25, -0.2) is 0 Å². The van der Waals surface area contributed by atoms with Gasteiger partial charge in [0.05, 0.1) is 0 Å². The topological polar surface area (TPSA) is 94.0 Å². The molecule has 2 aromatic rings. The fourth-order valence-electron chi connectivity index (χ4n) is 3.66. The lowest BCUT2D eigenvalue weighted by Crippen LogP contribution is -2.49. The van der Waals surface area contributed by atoms with E-state index in [1.54, 1.807) is 18.9 Å². The van der Waals surface area contributed by atoms with Crippen molar-refractivity contribution >= 4 is 23.2 Å². The van der Waals surface area contributed by atoms with Gasteiger partial charge in [0.25, 0.3) is 5.91 Å². The maximum absolute atomic E-state index is 13.2. The summed E-state index contributed by atoms with van der Waals surface area (Å²) in [6.45, 7) is 9.55. The Balaban J connectivity index is 2.00. The summed E-state index contributed by atoms with van der Waals surface area (Å²) in [4.78, 5) is 27.5. The molecule has 0 aliphatic carbocycles. The maximum atomic E-state index is 13.2. The minimum Gasteiger partial charge on any atom is -0.396 e. The molecule has 188 valence electrons. The van der Waals surface area contributed by atoms with Gasteiger partial charge in [-0.3, -0.25) is 15.0 Å². The van der Waals surface area contributed by atoms with Crippen LogP contribution in [0.3, 0.4) is 0 Å². The second-order valence-electron chi connectivity index (χ2n) is 8.71. The molecule has 0 unspecified atom stereocenters. The van der Waals surface area contributed by atoms with Crippen molar-refractivity contribution in [2.24, 2.45) is 5.10 Å². The largest absolute Gasteiger partial charge is 0.396 e. The molecule has 0 radical (unpaired) electrons. The van der Waals surface area contributed by atoms with Gasteiger partial charge in [0.1, 0.15) is 11.8 Å². The number of likely N-dealkylation sites (N-methyl/N-ethyl adjacent to an activating group) is 1. The van der Waals surface area contributed by atoms with Crippen LogP contribution in [0.25, 0.3) is 0 Å². The molecule has 0 saturated carbocycles. The van der Waals surface area contributed by atoms with E-state index in [0.717, 1.165) is 41.6 Å². The van der Waals surface area contributed by atoms with Crippen molar-refractivity contribution in [2.45, 2.75) is 58.9 Å². The van der Waals surface area contributed by atoms with E-state index < -0.39 is 11.9 Å².